The van der Waals surface area contributed by atoms with E-state index in [9.17, 15) is 4.79 Å². The van der Waals surface area contributed by atoms with E-state index in [4.69, 9.17) is 10.2 Å². The van der Waals surface area contributed by atoms with Gasteiger partial charge in [0.15, 0.2) is 11.7 Å². The minimum atomic E-state index is -0.277. The maximum absolute atomic E-state index is 12.0. The second-order valence-corrected chi connectivity index (χ2v) is 6.53. The van der Waals surface area contributed by atoms with Crippen LogP contribution in [0.2, 0.25) is 0 Å². The lowest BCUT2D eigenvalue weighted by molar-refractivity contribution is 0.0996. The number of benzene rings is 1. The summed E-state index contributed by atoms with van der Waals surface area (Å²) in [6, 6.07) is 10.8. The molecule has 0 bridgehead atoms. The van der Waals surface area contributed by atoms with Crippen LogP contribution >= 0.6 is 0 Å². The molecule has 2 aromatic rings. The summed E-state index contributed by atoms with van der Waals surface area (Å²) in [6.07, 6.45) is 8.98. The quantitative estimate of drug-likeness (QED) is 0.312. The van der Waals surface area contributed by atoms with Gasteiger partial charge < -0.3 is 20.8 Å². The Balaban J connectivity index is 1.73. The van der Waals surface area contributed by atoms with Crippen molar-refractivity contribution in [2.75, 3.05) is 11.9 Å². The standard InChI is InChI=1S/C21H30N4O2/c1-2-3-4-5-6-7-13-23-21(22)24-16-17-10-8-11-18(15-17)25-20(26)19-12-9-14-27-19/h8-12,14-15H,2-7,13,16H2,1H3,(H,25,26)(H3,22,23,24). The number of carbonyl (C=O) groups is 1. The van der Waals surface area contributed by atoms with Gasteiger partial charge in [-0.1, -0.05) is 51.2 Å². The van der Waals surface area contributed by atoms with E-state index >= 15 is 0 Å². The summed E-state index contributed by atoms with van der Waals surface area (Å²) in [4.78, 5) is 16.4. The Kier molecular flexibility index (Phi) is 8.96. The van der Waals surface area contributed by atoms with Crippen LogP contribution < -0.4 is 16.4 Å². The summed E-state index contributed by atoms with van der Waals surface area (Å²) in [5.41, 5.74) is 7.59. The first-order chi connectivity index (χ1) is 13.2. The van der Waals surface area contributed by atoms with E-state index in [2.05, 4.69) is 22.5 Å². The van der Waals surface area contributed by atoms with Crippen molar-refractivity contribution in [1.82, 2.24) is 5.32 Å². The van der Waals surface area contributed by atoms with Crippen molar-refractivity contribution in [3.8, 4) is 0 Å². The number of anilines is 1. The van der Waals surface area contributed by atoms with Crippen molar-refractivity contribution in [1.29, 1.82) is 0 Å². The van der Waals surface area contributed by atoms with Crippen LogP contribution in [-0.2, 0) is 6.54 Å². The second kappa shape index (κ2) is 11.8. The van der Waals surface area contributed by atoms with Crippen LogP contribution in [0.1, 0.15) is 61.6 Å². The highest BCUT2D eigenvalue weighted by atomic mass is 16.3. The number of nitrogens with two attached hydrogens (primary N) is 1. The first kappa shape index (κ1) is 20.6. The van der Waals surface area contributed by atoms with E-state index in [1.165, 1.54) is 38.4 Å². The first-order valence-electron chi connectivity index (χ1n) is 9.66. The number of furan rings is 1. The zero-order valence-corrected chi connectivity index (χ0v) is 16.0. The Labute approximate surface area is 161 Å². The highest BCUT2D eigenvalue weighted by Crippen LogP contribution is 2.13. The molecule has 6 nitrogen and oxygen atoms in total. The SMILES string of the molecule is CCCCCCCCNC(N)=NCc1cccc(NC(=O)c2ccco2)c1. The van der Waals surface area contributed by atoms with Gasteiger partial charge in [-0.05, 0) is 36.2 Å². The van der Waals surface area contributed by atoms with Gasteiger partial charge in [-0.15, -0.1) is 0 Å². The Morgan fingerprint density at radius 3 is 2.70 bits per heavy atom. The zero-order chi connectivity index (χ0) is 19.3. The van der Waals surface area contributed by atoms with Gasteiger partial charge in [0, 0.05) is 12.2 Å². The fourth-order valence-corrected chi connectivity index (χ4v) is 2.70. The van der Waals surface area contributed by atoms with Crippen molar-refractivity contribution in [3.05, 3.63) is 54.0 Å². The summed E-state index contributed by atoms with van der Waals surface area (Å²) in [7, 11) is 0. The lowest BCUT2D eigenvalue weighted by Crippen LogP contribution is -2.32. The molecule has 0 saturated carbocycles. The number of carbonyl (C=O) groups excluding carboxylic acids is 1. The van der Waals surface area contributed by atoms with Crippen molar-refractivity contribution in [3.63, 3.8) is 0 Å². The van der Waals surface area contributed by atoms with Crippen LogP contribution in [0, 0.1) is 0 Å². The van der Waals surface area contributed by atoms with Gasteiger partial charge in [0.25, 0.3) is 5.91 Å². The number of amides is 1. The monoisotopic (exact) mass is 370 g/mol. The van der Waals surface area contributed by atoms with Gasteiger partial charge in [0.05, 0.1) is 12.8 Å². The fraction of sp³-hybridized carbons (Fsp3) is 0.429. The molecular formula is C21H30N4O2. The minimum absolute atomic E-state index is 0.277. The first-order valence-corrected chi connectivity index (χ1v) is 9.66. The van der Waals surface area contributed by atoms with E-state index in [0.717, 1.165) is 18.5 Å². The summed E-state index contributed by atoms with van der Waals surface area (Å²) < 4.78 is 5.09. The molecular weight excluding hydrogens is 340 g/mol. The predicted octanol–water partition coefficient (Wildman–Crippen LogP) is 4.30. The molecule has 1 aromatic carbocycles. The molecule has 1 aromatic heterocycles. The number of rotatable bonds is 11. The van der Waals surface area contributed by atoms with E-state index in [-0.39, 0.29) is 11.7 Å². The third-order valence-electron chi connectivity index (χ3n) is 4.20. The molecule has 1 amide bonds. The predicted molar refractivity (Wildman–Crippen MR) is 110 cm³/mol. The van der Waals surface area contributed by atoms with Crippen molar-refractivity contribution in [2.45, 2.75) is 52.0 Å². The number of nitrogens with one attached hydrogen (secondary N) is 2. The van der Waals surface area contributed by atoms with Gasteiger partial charge >= 0.3 is 0 Å². The number of unbranched alkanes of at least 4 members (excludes halogenated alkanes) is 5. The average Bonchev–Trinajstić information content (AvgIpc) is 3.21. The largest absolute Gasteiger partial charge is 0.459 e. The maximum Gasteiger partial charge on any atom is 0.291 e. The molecule has 0 aliphatic heterocycles. The summed E-state index contributed by atoms with van der Waals surface area (Å²) in [6.45, 7) is 3.53. The molecule has 2 rings (SSSR count). The zero-order valence-electron chi connectivity index (χ0n) is 16.0. The molecule has 0 fully saturated rings. The molecule has 0 atom stereocenters. The molecule has 0 spiro atoms. The minimum Gasteiger partial charge on any atom is -0.459 e. The molecule has 1 heterocycles. The topological polar surface area (TPSA) is 92.6 Å². The lowest BCUT2D eigenvalue weighted by Gasteiger charge is -2.07. The van der Waals surface area contributed by atoms with Gasteiger partial charge in [-0.3, -0.25) is 4.79 Å². The Bertz CT molecular complexity index is 711. The van der Waals surface area contributed by atoms with Crippen molar-refractivity contribution < 1.29 is 9.21 Å². The molecule has 27 heavy (non-hydrogen) atoms. The molecule has 6 heteroatoms. The van der Waals surface area contributed by atoms with Crippen LogP contribution in [-0.4, -0.2) is 18.4 Å². The van der Waals surface area contributed by atoms with Crippen molar-refractivity contribution >= 4 is 17.6 Å². The van der Waals surface area contributed by atoms with Gasteiger partial charge in [-0.2, -0.15) is 0 Å². The lowest BCUT2D eigenvalue weighted by atomic mass is 10.1. The van der Waals surface area contributed by atoms with E-state index in [0.29, 0.717) is 18.2 Å². The fourth-order valence-electron chi connectivity index (χ4n) is 2.70. The van der Waals surface area contributed by atoms with Crippen LogP contribution in [0.25, 0.3) is 0 Å². The number of aliphatic imine (C=N–C) groups is 1. The smallest absolute Gasteiger partial charge is 0.291 e. The van der Waals surface area contributed by atoms with Crippen LogP contribution in [0.4, 0.5) is 5.69 Å². The third kappa shape index (κ3) is 7.98. The average molecular weight is 370 g/mol. The maximum atomic E-state index is 12.0. The highest BCUT2D eigenvalue weighted by Gasteiger charge is 2.08. The Hall–Kier alpha value is -2.76. The molecule has 0 aliphatic carbocycles. The Morgan fingerprint density at radius 1 is 1.11 bits per heavy atom. The van der Waals surface area contributed by atoms with Crippen LogP contribution in [0.5, 0.6) is 0 Å². The summed E-state index contributed by atoms with van der Waals surface area (Å²) >= 11 is 0. The van der Waals surface area contributed by atoms with Crippen LogP contribution in [0.15, 0.2) is 52.1 Å². The second-order valence-electron chi connectivity index (χ2n) is 6.53. The molecule has 0 aliphatic rings. The molecule has 0 saturated heterocycles. The highest BCUT2D eigenvalue weighted by molar-refractivity contribution is 6.02. The molecule has 146 valence electrons. The van der Waals surface area contributed by atoms with Crippen LogP contribution in [0.3, 0.4) is 0 Å². The van der Waals surface area contributed by atoms with Gasteiger partial charge in [-0.25, -0.2) is 4.99 Å². The summed E-state index contributed by atoms with van der Waals surface area (Å²) in [5, 5.41) is 5.96. The number of guanidine groups is 1. The normalized spacial score (nSPS) is 11.4. The summed E-state index contributed by atoms with van der Waals surface area (Å²) in [5.74, 6) is 0.455. The van der Waals surface area contributed by atoms with Gasteiger partial charge in [0.2, 0.25) is 0 Å². The number of hydrogen-bond acceptors (Lipinski definition) is 3. The number of nitrogens with zero attached hydrogens (tertiary/aromatic N) is 1. The van der Waals surface area contributed by atoms with E-state index in [1.807, 2.05) is 24.3 Å². The van der Waals surface area contributed by atoms with Gasteiger partial charge in [0.1, 0.15) is 0 Å². The van der Waals surface area contributed by atoms with Crippen molar-refractivity contribution in [2.24, 2.45) is 10.7 Å². The molecule has 0 radical (unpaired) electrons. The number of hydrogen-bond donors (Lipinski definition) is 3. The van der Waals surface area contributed by atoms with E-state index in [1.54, 1.807) is 12.1 Å². The molecule has 4 N–H and O–H groups in total. The Morgan fingerprint density at radius 2 is 1.93 bits per heavy atom. The van der Waals surface area contributed by atoms with E-state index < -0.39 is 0 Å². The third-order valence-corrected chi connectivity index (χ3v) is 4.20. The molecule has 0 unspecified atom stereocenters.